The number of aromatic nitrogens is 1. The molecule has 0 aliphatic rings. The van der Waals surface area contributed by atoms with Crippen molar-refractivity contribution in [1.82, 2.24) is 4.98 Å². The van der Waals surface area contributed by atoms with Gasteiger partial charge in [-0.05, 0) is 35.9 Å². The Hall–Kier alpha value is -2.13. The van der Waals surface area contributed by atoms with Crippen LogP contribution in [0.2, 0.25) is 5.02 Å². The summed E-state index contributed by atoms with van der Waals surface area (Å²) in [6.45, 7) is 0.511. The molecule has 0 N–H and O–H groups in total. The first kappa shape index (κ1) is 13.8. The summed E-state index contributed by atoms with van der Waals surface area (Å²) in [7, 11) is 0. The molecule has 0 spiro atoms. The predicted octanol–water partition coefficient (Wildman–Crippen LogP) is 4.65. The first-order valence-electron chi connectivity index (χ1n) is 6.64. The van der Waals surface area contributed by atoms with Crippen molar-refractivity contribution in [2.24, 2.45) is 0 Å². The molecule has 0 aliphatic carbocycles. The van der Waals surface area contributed by atoms with E-state index in [0.29, 0.717) is 23.3 Å². The summed E-state index contributed by atoms with van der Waals surface area (Å²) in [5.74, 6) is 0.309. The van der Waals surface area contributed by atoms with Gasteiger partial charge in [0, 0.05) is 23.0 Å². The molecule has 1 aromatic heterocycles. The van der Waals surface area contributed by atoms with E-state index in [2.05, 4.69) is 4.98 Å². The zero-order valence-electron chi connectivity index (χ0n) is 11.2. The fourth-order valence-electron chi connectivity index (χ4n) is 2.17. The van der Waals surface area contributed by atoms with Crippen molar-refractivity contribution >= 4 is 22.5 Å². The van der Waals surface area contributed by atoms with Crippen molar-refractivity contribution in [3.63, 3.8) is 0 Å². The Labute approximate surface area is 127 Å². The number of pyridine rings is 1. The number of hydrogen-bond donors (Lipinski definition) is 0. The van der Waals surface area contributed by atoms with Crippen LogP contribution in [0, 0.1) is 5.82 Å². The highest BCUT2D eigenvalue weighted by atomic mass is 35.5. The third-order valence-corrected chi connectivity index (χ3v) is 3.50. The van der Waals surface area contributed by atoms with Gasteiger partial charge in [-0.25, -0.2) is 4.39 Å². The van der Waals surface area contributed by atoms with Crippen LogP contribution in [0.25, 0.3) is 10.9 Å². The first-order valence-corrected chi connectivity index (χ1v) is 7.02. The minimum atomic E-state index is -0.337. The second kappa shape index (κ2) is 6.10. The van der Waals surface area contributed by atoms with Crippen LogP contribution in [-0.4, -0.2) is 11.6 Å². The Morgan fingerprint density at radius 1 is 1.05 bits per heavy atom. The minimum absolute atomic E-state index is 0.335. The topological polar surface area (TPSA) is 22.1 Å². The van der Waals surface area contributed by atoms with E-state index in [9.17, 15) is 4.39 Å². The smallest absolute Gasteiger partial charge is 0.149 e. The summed E-state index contributed by atoms with van der Waals surface area (Å²) in [6, 6.07) is 14.3. The molecule has 0 radical (unpaired) electrons. The zero-order valence-corrected chi connectivity index (χ0v) is 12.0. The Morgan fingerprint density at radius 2 is 1.86 bits per heavy atom. The maximum Gasteiger partial charge on any atom is 0.149 e. The van der Waals surface area contributed by atoms with Crippen LogP contribution in [0.5, 0.6) is 5.75 Å². The highest BCUT2D eigenvalue weighted by molar-refractivity contribution is 6.30. The molecule has 0 unspecified atom stereocenters. The molecule has 0 fully saturated rings. The van der Waals surface area contributed by atoms with Gasteiger partial charge < -0.3 is 4.74 Å². The molecule has 0 atom stereocenters. The lowest BCUT2D eigenvalue weighted by Crippen LogP contribution is -2.02. The predicted molar refractivity (Wildman–Crippen MR) is 82.4 cm³/mol. The molecule has 0 bridgehead atoms. The highest BCUT2D eigenvalue weighted by Crippen LogP contribution is 2.25. The number of nitrogens with zero attached hydrogens (tertiary/aromatic N) is 1. The van der Waals surface area contributed by atoms with E-state index < -0.39 is 0 Å². The highest BCUT2D eigenvalue weighted by Gasteiger charge is 2.06. The molecule has 21 heavy (non-hydrogen) atoms. The summed E-state index contributed by atoms with van der Waals surface area (Å²) >= 11 is 5.85. The van der Waals surface area contributed by atoms with Gasteiger partial charge >= 0.3 is 0 Å². The van der Waals surface area contributed by atoms with E-state index >= 15 is 0 Å². The number of halogens is 2. The van der Waals surface area contributed by atoms with Gasteiger partial charge in [-0.15, -0.1) is 0 Å². The summed E-state index contributed by atoms with van der Waals surface area (Å²) < 4.78 is 19.4. The number of benzene rings is 2. The van der Waals surface area contributed by atoms with Crippen molar-refractivity contribution in [2.45, 2.75) is 6.42 Å². The molecule has 2 nitrogen and oxygen atoms in total. The summed E-state index contributed by atoms with van der Waals surface area (Å²) in [6.07, 6.45) is 2.32. The van der Waals surface area contributed by atoms with E-state index in [1.54, 1.807) is 18.3 Å². The second-order valence-corrected chi connectivity index (χ2v) is 5.11. The zero-order chi connectivity index (χ0) is 14.7. The lowest BCUT2D eigenvalue weighted by Gasteiger charge is -2.09. The first-order chi connectivity index (χ1) is 10.2. The molecule has 0 amide bonds. The van der Waals surface area contributed by atoms with Gasteiger partial charge in [0.2, 0.25) is 0 Å². The minimum Gasteiger partial charge on any atom is -0.492 e. The fraction of sp³-hybridized carbons (Fsp3) is 0.118. The van der Waals surface area contributed by atoms with Crippen LogP contribution in [0.3, 0.4) is 0 Å². The maximum atomic E-state index is 13.7. The van der Waals surface area contributed by atoms with E-state index in [1.807, 2.05) is 30.3 Å². The van der Waals surface area contributed by atoms with Crippen LogP contribution in [0.1, 0.15) is 5.56 Å². The molecule has 106 valence electrons. The van der Waals surface area contributed by atoms with Gasteiger partial charge in [-0.2, -0.15) is 0 Å². The molecule has 0 aliphatic heterocycles. The quantitative estimate of drug-likeness (QED) is 0.700. The van der Waals surface area contributed by atoms with Gasteiger partial charge in [0.15, 0.2) is 0 Å². The van der Waals surface area contributed by atoms with Gasteiger partial charge in [-0.1, -0.05) is 29.8 Å². The van der Waals surface area contributed by atoms with Crippen molar-refractivity contribution in [3.05, 3.63) is 71.1 Å². The van der Waals surface area contributed by atoms with E-state index in [0.717, 1.165) is 17.0 Å². The standard InChI is InChI=1S/C17H13ClFNO/c18-13-6-4-12(5-7-13)9-11-21-16-8-10-20-17-14(16)2-1-3-15(17)19/h1-8,10H,9,11H2. The molecule has 0 saturated heterocycles. The lowest BCUT2D eigenvalue weighted by molar-refractivity contribution is 0.325. The van der Waals surface area contributed by atoms with Gasteiger partial charge in [0.05, 0.1) is 6.61 Å². The second-order valence-electron chi connectivity index (χ2n) is 4.67. The SMILES string of the molecule is Fc1cccc2c(OCCc3ccc(Cl)cc3)ccnc12. The molecule has 4 heteroatoms. The number of para-hydroxylation sites is 1. The van der Waals surface area contributed by atoms with Crippen molar-refractivity contribution < 1.29 is 9.13 Å². The monoisotopic (exact) mass is 301 g/mol. The van der Waals surface area contributed by atoms with Crippen LogP contribution < -0.4 is 4.74 Å². The third-order valence-electron chi connectivity index (χ3n) is 3.24. The molecule has 3 rings (SSSR count). The number of hydrogen-bond acceptors (Lipinski definition) is 2. The van der Waals surface area contributed by atoms with Crippen LogP contribution in [0.15, 0.2) is 54.7 Å². The van der Waals surface area contributed by atoms with Crippen molar-refractivity contribution in [1.29, 1.82) is 0 Å². The summed E-state index contributed by atoms with van der Waals surface area (Å²) in [5, 5.41) is 1.41. The fourth-order valence-corrected chi connectivity index (χ4v) is 2.30. The Balaban J connectivity index is 1.73. The van der Waals surface area contributed by atoms with E-state index in [1.165, 1.54) is 6.07 Å². The average Bonchev–Trinajstić information content (AvgIpc) is 2.50. The third kappa shape index (κ3) is 3.14. The molecule has 1 heterocycles. The summed E-state index contributed by atoms with van der Waals surface area (Å²) in [5.41, 5.74) is 1.48. The van der Waals surface area contributed by atoms with Crippen molar-refractivity contribution in [3.8, 4) is 5.75 Å². The molecule has 3 aromatic rings. The average molecular weight is 302 g/mol. The van der Waals surface area contributed by atoms with Crippen molar-refractivity contribution in [2.75, 3.05) is 6.61 Å². The maximum absolute atomic E-state index is 13.7. The number of fused-ring (bicyclic) bond motifs is 1. The molecular weight excluding hydrogens is 289 g/mol. The van der Waals surface area contributed by atoms with Gasteiger partial charge in [0.1, 0.15) is 17.1 Å². The molecular formula is C17H13ClFNO. The Kier molecular flexibility index (Phi) is 4.02. The van der Waals surface area contributed by atoms with Crippen LogP contribution >= 0.6 is 11.6 Å². The Morgan fingerprint density at radius 3 is 2.67 bits per heavy atom. The van der Waals surface area contributed by atoms with E-state index in [4.69, 9.17) is 16.3 Å². The van der Waals surface area contributed by atoms with Gasteiger partial charge in [0.25, 0.3) is 0 Å². The Bertz CT molecular complexity index is 758. The van der Waals surface area contributed by atoms with Gasteiger partial charge in [-0.3, -0.25) is 4.98 Å². The number of rotatable bonds is 4. The normalized spacial score (nSPS) is 10.8. The molecule has 2 aromatic carbocycles. The number of ether oxygens (including phenoxy) is 1. The lowest BCUT2D eigenvalue weighted by atomic mass is 10.1. The van der Waals surface area contributed by atoms with Crippen LogP contribution in [-0.2, 0) is 6.42 Å². The largest absolute Gasteiger partial charge is 0.492 e. The summed E-state index contributed by atoms with van der Waals surface area (Å²) in [4.78, 5) is 4.05. The van der Waals surface area contributed by atoms with Crippen LogP contribution in [0.4, 0.5) is 4.39 Å². The van der Waals surface area contributed by atoms with E-state index in [-0.39, 0.29) is 5.82 Å². The molecule has 0 saturated carbocycles.